The fourth-order valence-electron chi connectivity index (χ4n) is 2.92. The Bertz CT molecular complexity index is 1050. The summed E-state index contributed by atoms with van der Waals surface area (Å²) in [5.41, 5.74) is 2.13. The van der Waals surface area contributed by atoms with Crippen LogP contribution in [0.4, 0.5) is 0 Å². The molecule has 3 aromatic rings. The molecule has 0 spiro atoms. The zero-order valence-corrected chi connectivity index (χ0v) is 16.0. The number of hydrogen-bond donors (Lipinski definition) is 0. The normalized spacial score (nSPS) is 13.8. The van der Waals surface area contributed by atoms with Gasteiger partial charge < -0.3 is 18.8 Å². The summed E-state index contributed by atoms with van der Waals surface area (Å²) < 4.78 is 19.9. The van der Waals surface area contributed by atoms with Crippen LogP contribution in [0.15, 0.2) is 41.4 Å². The van der Waals surface area contributed by atoms with Crippen LogP contribution in [0.5, 0.6) is 17.2 Å². The Hall–Kier alpha value is -2.80. The molecule has 0 unspecified atom stereocenters. The number of amides is 1. The SMILES string of the molecule is CCn1c(=NC(=O)COc2ccc(C)cc2)sc2cc3c(cc21)OCCO3. The van der Waals surface area contributed by atoms with Crippen molar-refractivity contribution in [2.24, 2.45) is 4.99 Å². The third-order valence-electron chi connectivity index (χ3n) is 4.27. The van der Waals surface area contributed by atoms with Gasteiger partial charge in [0.25, 0.3) is 5.91 Å². The highest BCUT2D eigenvalue weighted by Gasteiger charge is 2.16. The average Bonchev–Trinajstić information content (AvgIpc) is 3.01. The van der Waals surface area contributed by atoms with Crippen LogP contribution in [-0.4, -0.2) is 30.3 Å². The maximum absolute atomic E-state index is 12.3. The molecule has 7 heteroatoms. The van der Waals surface area contributed by atoms with Crippen molar-refractivity contribution in [1.29, 1.82) is 0 Å². The number of ether oxygens (including phenoxy) is 3. The van der Waals surface area contributed by atoms with E-state index in [0.29, 0.717) is 30.3 Å². The van der Waals surface area contributed by atoms with Crippen LogP contribution in [0.25, 0.3) is 10.2 Å². The Morgan fingerprint density at radius 3 is 2.59 bits per heavy atom. The summed E-state index contributed by atoms with van der Waals surface area (Å²) in [4.78, 5) is 17.2. The maximum Gasteiger partial charge on any atom is 0.286 e. The molecule has 0 bridgehead atoms. The predicted octanol–water partition coefficient (Wildman–Crippen LogP) is 3.31. The lowest BCUT2D eigenvalue weighted by Gasteiger charge is -2.18. The van der Waals surface area contributed by atoms with E-state index in [9.17, 15) is 4.79 Å². The second-order valence-electron chi connectivity index (χ2n) is 6.20. The zero-order valence-electron chi connectivity index (χ0n) is 15.2. The lowest BCUT2D eigenvalue weighted by atomic mass is 10.2. The van der Waals surface area contributed by atoms with Gasteiger partial charge in [-0.3, -0.25) is 4.79 Å². The summed E-state index contributed by atoms with van der Waals surface area (Å²) in [6.07, 6.45) is 0. The van der Waals surface area contributed by atoms with Gasteiger partial charge in [0.15, 0.2) is 22.9 Å². The van der Waals surface area contributed by atoms with E-state index in [1.54, 1.807) is 0 Å². The molecule has 2 aromatic carbocycles. The molecule has 0 saturated heterocycles. The number of carbonyl (C=O) groups is 1. The van der Waals surface area contributed by atoms with Crippen molar-refractivity contribution < 1.29 is 19.0 Å². The van der Waals surface area contributed by atoms with Gasteiger partial charge in [-0.2, -0.15) is 4.99 Å². The van der Waals surface area contributed by atoms with E-state index in [2.05, 4.69) is 4.99 Å². The minimum atomic E-state index is -0.318. The monoisotopic (exact) mass is 384 g/mol. The van der Waals surface area contributed by atoms with Gasteiger partial charge in [0.2, 0.25) is 0 Å². The van der Waals surface area contributed by atoms with Gasteiger partial charge >= 0.3 is 0 Å². The van der Waals surface area contributed by atoms with Crippen LogP contribution in [0.1, 0.15) is 12.5 Å². The first-order chi connectivity index (χ1) is 13.1. The van der Waals surface area contributed by atoms with Gasteiger partial charge in [-0.05, 0) is 26.0 Å². The van der Waals surface area contributed by atoms with Gasteiger partial charge in [-0.1, -0.05) is 29.0 Å². The van der Waals surface area contributed by atoms with Crippen LogP contribution < -0.4 is 19.0 Å². The van der Waals surface area contributed by atoms with Crippen molar-refractivity contribution in [2.75, 3.05) is 19.8 Å². The van der Waals surface area contributed by atoms with Gasteiger partial charge in [0.05, 0.1) is 10.2 Å². The molecule has 1 amide bonds. The number of rotatable bonds is 4. The Morgan fingerprint density at radius 1 is 1.19 bits per heavy atom. The molecule has 1 aliphatic heterocycles. The molecule has 27 heavy (non-hydrogen) atoms. The van der Waals surface area contributed by atoms with Crippen LogP contribution in [-0.2, 0) is 11.3 Å². The molecule has 140 valence electrons. The van der Waals surface area contributed by atoms with Gasteiger partial charge in [0, 0.05) is 18.7 Å². The van der Waals surface area contributed by atoms with Crippen molar-refractivity contribution >= 4 is 27.5 Å². The Labute approximate surface area is 160 Å². The lowest BCUT2D eigenvalue weighted by molar-refractivity contribution is -0.120. The first-order valence-electron chi connectivity index (χ1n) is 8.84. The minimum Gasteiger partial charge on any atom is -0.486 e. The van der Waals surface area contributed by atoms with E-state index < -0.39 is 0 Å². The Morgan fingerprint density at radius 2 is 1.89 bits per heavy atom. The standard InChI is InChI=1S/C20H20N2O4S/c1-3-22-15-10-16-17(25-9-8-24-16)11-18(15)27-20(22)21-19(23)12-26-14-6-4-13(2)5-7-14/h4-7,10-11H,3,8-9,12H2,1-2H3. The number of nitrogens with zero attached hydrogens (tertiary/aromatic N) is 2. The van der Waals surface area contributed by atoms with E-state index in [-0.39, 0.29) is 12.5 Å². The Balaban J connectivity index is 1.61. The van der Waals surface area contributed by atoms with Gasteiger partial charge in [0.1, 0.15) is 19.0 Å². The summed E-state index contributed by atoms with van der Waals surface area (Å²) in [5, 5.41) is 0. The molecule has 1 aromatic heterocycles. The highest BCUT2D eigenvalue weighted by molar-refractivity contribution is 7.16. The zero-order chi connectivity index (χ0) is 18.8. The van der Waals surface area contributed by atoms with E-state index in [0.717, 1.165) is 27.3 Å². The minimum absolute atomic E-state index is 0.0935. The van der Waals surface area contributed by atoms with E-state index in [1.165, 1.54) is 11.3 Å². The second-order valence-corrected chi connectivity index (χ2v) is 7.21. The van der Waals surface area contributed by atoms with Crippen LogP contribution in [0.3, 0.4) is 0 Å². The van der Waals surface area contributed by atoms with Gasteiger partial charge in [-0.15, -0.1) is 0 Å². The predicted molar refractivity (Wildman–Crippen MR) is 104 cm³/mol. The van der Waals surface area contributed by atoms with Crippen molar-refractivity contribution in [3.63, 3.8) is 0 Å². The fraction of sp³-hybridized carbons (Fsp3) is 0.300. The lowest BCUT2D eigenvalue weighted by Crippen LogP contribution is -2.19. The highest BCUT2D eigenvalue weighted by atomic mass is 32.1. The average molecular weight is 384 g/mol. The molecule has 2 heterocycles. The molecule has 0 aliphatic carbocycles. The molecular weight excluding hydrogens is 364 g/mol. The summed E-state index contributed by atoms with van der Waals surface area (Å²) in [6.45, 7) is 5.72. The summed E-state index contributed by atoms with van der Waals surface area (Å²) >= 11 is 1.46. The highest BCUT2D eigenvalue weighted by Crippen LogP contribution is 2.35. The fourth-order valence-corrected chi connectivity index (χ4v) is 4.04. The molecule has 6 nitrogen and oxygen atoms in total. The number of thiazole rings is 1. The third-order valence-corrected chi connectivity index (χ3v) is 5.31. The summed E-state index contributed by atoms with van der Waals surface area (Å²) in [6, 6.07) is 11.5. The quantitative estimate of drug-likeness (QED) is 0.692. The summed E-state index contributed by atoms with van der Waals surface area (Å²) in [5.74, 6) is 1.81. The number of aryl methyl sites for hydroxylation is 2. The number of fused-ring (bicyclic) bond motifs is 2. The largest absolute Gasteiger partial charge is 0.486 e. The van der Waals surface area contributed by atoms with Crippen LogP contribution >= 0.6 is 11.3 Å². The van der Waals surface area contributed by atoms with Gasteiger partial charge in [-0.25, -0.2) is 0 Å². The van der Waals surface area contributed by atoms with E-state index >= 15 is 0 Å². The molecule has 0 saturated carbocycles. The maximum atomic E-state index is 12.3. The topological polar surface area (TPSA) is 62.1 Å². The smallest absolute Gasteiger partial charge is 0.286 e. The Kier molecular flexibility index (Phi) is 4.85. The van der Waals surface area contributed by atoms with Crippen molar-refractivity contribution in [3.05, 3.63) is 46.8 Å². The molecule has 0 N–H and O–H groups in total. The van der Waals surface area contributed by atoms with E-state index in [4.69, 9.17) is 14.2 Å². The van der Waals surface area contributed by atoms with Crippen molar-refractivity contribution in [1.82, 2.24) is 4.57 Å². The van der Waals surface area contributed by atoms with Crippen LogP contribution in [0.2, 0.25) is 0 Å². The number of aromatic nitrogens is 1. The molecule has 0 atom stereocenters. The van der Waals surface area contributed by atoms with Crippen molar-refractivity contribution in [2.45, 2.75) is 20.4 Å². The third kappa shape index (κ3) is 3.68. The summed E-state index contributed by atoms with van der Waals surface area (Å²) in [7, 11) is 0. The molecule has 0 fully saturated rings. The van der Waals surface area contributed by atoms with Crippen molar-refractivity contribution in [3.8, 4) is 17.2 Å². The number of benzene rings is 2. The van der Waals surface area contributed by atoms with Crippen LogP contribution in [0, 0.1) is 6.92 Å². The number of carbonyl (C=O) groups excluding carboxylic acids is 1. The first kappa shape index (κ1) is 17.6. The molecular formula is C20H20N2O4S. The molecule has 0 radical (unpaired) electrons. The first-order valence-corrected chi connectivity index (χ1v) is 9.65. The number of hydrogen-bond acceptors (Lipinski definition) is 5. The molecule has 4 rings (SSSR count). The molecule has 1 aliphatic rings. The van der Waals surface area contributed by atoms with E-state index in [1.807, 2.05) is 54.8 Å². The second kappa shape index (κ2) is 7.44.